The molecule has 0 radical (unpaired) electrons. The number of hydrogen-bond acceptors (Lipinski definition) is 1. The average Bonchev–Trinajstić information content (AvgIpc) is 2.15. The summed E-state index contributed by atoms with van der Waals surface area (Å²) in [6.45, 7) is 0. The number of benzene rings is 1. The molecule has 16 heavy (non-hydrogen) atoms. The Morgan fingerprint density at radius 3 is 2.44 bits per heavy atom. The summed E-state index contributed by atoms with van der Waals surface area (Å²) in [5, 5.41) is 0.0631. The van der Waals surface area contributed by atoms with Crippen LogP contribution >= 0.6 is 15.9 Å². The molecule has 1 nitrogen and oxygen atoms in total. The largest absolute Gasteiger partial charge is 1.00 e. The van der Waals surface area contributed by atoms with Gasteiger partial charge >= 0.3 is 25.0 Å². The minimum absolute atomic E-state index is 0. The van der Waals surface area contributed by atoms with E-state index in [-0.39, 0.29) is 28.9 Å². The third-order valence-electron chi connectivity index (χ3n) is 1.90. The third-order valence-corrected chi connectivity index (χ3v) is 2.28. The number of hydrogen-bond donors (Lipinski definition) is 0. The van der Waals surface area contributed by atoms with Gasteiger partial charge in [-0.3, -0.25) is 4.98 Å². The van der Waals surface area contributed by atoms with E-state index in [4.69, 9.17) is 0 Å². The van der Waals surface area contributed by atoms with Crippen LogP contribution in [-0.4, -0.2) is 4.98 Å². The Kier molecular flexibility index (Phi) is 4.05. The van der Waals surface area contributed by atoms with Crippen LogP contribution in [0.5, 0.6) is 0 Å². The van der Waals surface area contributed by atoms with Gasteiger partial charge in [0.05, 0.1) is 0 Å². The molecule has 1 aromatic heterocycles. The first-order valence-electron chi connectivity index (χ1n) is 4.03. The Balaban J connectivity index is 0.00000128. The smallest absolute Gasteiger partial charge is 0.281 e. The Bertz CT molecular complexity index is 513. The summed E-state index contributed by atoms with van der Waals surface area (Å²) in [6, 6.07) is 8.27. The van der Waals surface area contributed by atoms with Gasteiger partial charge in [0, 0.05) is 4.60 Å². The fourth-order valence-corrected chi connectivity index (χ4v) is 1.70. The summed E-state index contributed by atoms with van der Waals surface area (Å²) in [7, 11) is 0. The van der Waals surface area contributed by atoms with Crippen LogP contribution in [0.25, 0.3) is 10.9 Å². The van der Waals surface area contributed by atoms with Crippen LogP contribution in [0, 0.1) is 6.07 Å². The third kappa shape index (κ3) is 2.60. The monoisotopic (exact) mass is 281 g/mol. The normalized spacial score (nSPS) is 11.2. The van der Waals surface area contributed by atoms with Crippen LogP contribution in [0.1, 0.15) is 5.56 Å². The Hall–Kier alpha value is -0.503. The number of pyridine rings is 1. The maximum atomic E-state index is 12.6. The van der Waals surface area contributed by atoms with E-state index in [0.29, 0.717) is 5.52 Å². The summed E-state index contributed by atoms with van der Waals surface area (Å²) in [6.07, 6.45) is -4.41. The van der Waals surface area contributed by atoms with Gasteiger partial charge in [0.1, 0.15) is 0 Å². The summed E-state index contributed by atoms with van der Waals surface area (Å²) < 4.78 is 37.9. The molecule has 0 fully saturated rings. The zero-order chi connectivity index (χ0) is 11.1. The van der Waals surface area contributed by atoms with Gasteiger partial charge in [-0.15, -0.1) is 17.0 Å². The van der Waals surface area contributed by atoms with Gasteiger partial charge in [0.2, 0.25) is 0 Å². The first kappa shape index (κ1) is 13.6. The molecule has 78 valence electrons. The number of alkyl halides is 3. The van der Waals surface area contributed by atoms with Crippen molar-refractivity contribution in [2.75, 3.05) is 0 Å². The number of rotatable bonds is 0. The van der Waals surface area contributed by atoms with E-state index in [9.17, 15) is 13.2 Å². The maximum absolute atomic E-state index is 12.6. The molecule has 0 N–H and O–H groups in total. The first-order chi connectivity index (χ1) is 6.98. The van der Waals surface area contributed by atoms with Crippen molar-refractivity contribution < 1.29 is 32.0 Å². The van der Waals surface area contributed by atoms with E-state index in [2.05, 4.69) is 27.0 Å². The molecule has 0 unspecified atom stereocenters. The van der Waals surface area contributed by atoms with E-state index >= 15 is 0 Å². The molecule has 0 atom stereocenters. The van der Waals surface area contributed by atoms with Gasteiger partial charge in [-0.25, -0.2) is 6.07 Å². The molecule has 1 heterocycles. The summed E-state index contributed by atoms with van der Waals surface area (Å²) in [4.78, 5) is 3.91. The number of aromatic nitrogens is 1. The molecule has 0 saturated heterocycles. The molecule has 0 aliphatic heterocycles. The predicted octanol–water partition coefficient (Wildman–Crippen LogP) is 0.820. The van der Waals surface area contributed by atoms with E-state index in [1.165, 1.54) is 12.1 Å². The van der Waals surface area contributed by atoms with E-state index in [1.54, 1.807) is 12.1 Å². The zero-order valence-electron chi connectivity index (χ0n) is 8.27. The number of para-hydroxylation sites is 1. The molecule has 0 amide bonds. The van der Waals surface area contributed by atoms with Crippen molar-refractivity contribution in [3.05, 3.63) is 40.5 Å². The van der Waals surface area contributed by atoms with Gasteiger partial charge in [0.25, 0.3) is 0 Å². The molecule has 0 aliphatic rings. The minimum Gasteiger partial charge on any atom is -0.281 e. The second-order valence-corrected chi connectivity index (χ2v) is 3.67. The SMILES string of the molecule is FC(F)(F)c1[c-]c(Br)nc2ccccc12.[Li+]. The number of halogens is 4. The van der Waals surface area contributed by atoms with Crippen molar-refractivity contribution in [1.29, 1.82) is 0 Å². The minimum atomic E-state index is -4.41. The number of nitrogens with zero attached hydrogens (tertiary/aromatic N) is 1. The second-order valence-electron chi connectivity index (χ2n) is 2.92. The molecule has 0 spiro atoms. The topological polar surface area (TPSA) is 12.9 Å². The van der Waals surface area contributed by atoms with E-state index in [1.807, 2.05) is 0 Å². The molecular formula is C10H4BrF3LiN. The van der Waals surface area contributed by atoms with Crippen LogP contribution < -0.4 is 18.9 Å². The van der Waals surface area contributed by atoms with Crippen molar-refractivity contribution in [2.24, 2.45) is 0 Å². The molecule has 0 aliphatic carbocycles. The van der Waals surface area contributed by atoms with Crippen LogP contribution in [0.15, 0.2) is 28.9 Å². The fourth-order valence-electron chi connectivity index (χ4n) is 1.31. The van der Waals surface area contributed by atoms with Crippen molar-refractivity contribution in [1.82, 2.24) is 4.98 Å². The molecule has 0 saturated carbocycles. The maximum Gasteiger partial charge on any atom is 1.00 e. The Morgan fingerprint density at radius 1 is 1.19 bits per heavy atom. The first-order valence-corrected chi connectivity index (χ1v) is 4.82. The molecule has 0 bridgehead atoms. The van der Waals surface area contributed by atoms with Crippen LogP contribution in [0.2, 0.25) is 0 Å². The average molecular weight is 282 g/mol. The van der Waals surface area contributed by atoms with E-state index in [0.717, 1.165) is 0 Å². The Labute approximate surface area is 110 Å². The van der Waals surface area contributed by atoms with Gasteiger partial charge < -0.3 is 0 Å². The predicted molar refractivity (Wildman–Crippen MR) is 53.3 cm³/mol. The zero-order valence-corrected chi connectivity index (χ0v) is 9.85. The standard InChI is InChI=1S/C10H4BrF3N.Li/c11-9-5-7(10(12,13)14)6-3-1-2-4-8(6)15-9;/h1-4H;/q-1;+1. The van der Waals surface area contributed by atoms with Crippen LogP contribution in [0.3, 0.4) is 0 Å². The summed E-state index contributed by atoms with van der Waals surface area (Å²) in [5.74, 6) is 0. The Morgan fingerprint density at radius 2 is 1.81 bits per heavy atom. The van der Waals surface area contributed by atoms with Crippen LogP contribution in [-0.2, 0) is 6.18 Å². The summed E-state index contributed by atoms with van der Waals surface area (Å²) >= 11 is 2.91. The van der Waals surface area contributed by atoms with Crippen molar-refractivity contribution in [2.45, 2.75) is 6.18 Å². The molecule has 2 rings (SSSR count). The summed E-state index contributed by atoms with van der Waals surface area (Å²) in [5.41, 5.74) is -0.490. The fraction of sp³-hybridized carbons (Fsp3) is 0.100. The quantitative estimate of drug-likeness (QED) is 0.396. The van der Waals surface area contributed by atoms with Crippen molar-refractivity contribution in [3.63, 3.8) is 0 Å². The van der Waals surface area contributed by atoms with Crippen LogP contribution in [0.4, 0.5) is 13.2 Å². The molecular weight excluding hydrogens is 278 g/mol. The second kappa shape index (κ2) is 4.78. The van der Waals surface area contributed by atoms with Gasteiger partial charge in [-0.1, -0.05) is 34.1 Å². The van der Waals surface area contributed by atoms with Crippen molar-refractivity contribution in [3.8, 4) is 0 Å². The van der Waals surface area contributed by atoms with E-state index < -0.39 is 11.7 Å². The molecule has 1 aromatic carbocycles. The van der Waals surface area contributed by atoms with Gasteiger partial charge in [-0.05, 0) is 5.52 Å². The number of fused-ring (bicyclic) bond motifs is 1. The molecule has 2 aromatic rings. The van der Waals surface area contributed by atoms with Crippen molar-refractivity contribution >= 4 is 26.8 Å². The van der Waals surface area contributed by atoms with Gasteiger partial charge in [-0.2, -0.15) is 13.2 Å². The molecule has 6 heteroatoms. The van der Waals surface area contributed by atoms with Gasteiger partial charge in [0.15, 0.2) is 0 Å².